The molecule has 0 aliphatic carbocycles. The number of nitrogens with one attached hydrogen (secondary N) is 1. The molecule has 0 aromatic carbocycles. The smallest absolute Gasteiger partial charge is 0.280 e. The molecule has 8 nitrogen and oxygen atoms in total. The van der Waals surface area contributed by atoms with Crippen LogP contribution in [0.2, 0.25) is 0 Å². The Kier molecular flexibility index (Phi) is 7.56. The Hall–Kier alpha value is -2.38. The number of aliphatic imine (C=N–C) groups is 1. The highest BCUT2D eigenvalue weighted by Gasteiger charge is 2.27. The molecular formula is C19H35N7O. The van der Waals surface area contributed by atoms with Crippen molar-refractivity contribution in [3.05, 3.63) is 11.4 Å². The van der Waals surface area contributed by atoms with Gasteiger partial charge in [0.15, 0.2) is 17.5 Å². The summed E-state index contributed by atoms with van der Waals surface area (Å²) in [5, 5.41) is 2.49. The van der Waals surface area contributed by atoms with Crippen molar-refractivity contribution >= 4 is 23.5 Å². The van der Waals surface area contributed by atoms with Crippen LogP contribution in [0.1, 0.15) is 76.5 Å². The molecule has 27 heavy (non-hydrogen) atoms. The lowest BCUT2D eigenvalue weighted by molar-refractivity contribution is 0.0972. The molecule has 0 fully saturated rings. The van der Waals surface area contributed by atoms with Crippen LogP contribution in [0.5, 0.6) is 0 Å². The summed E-state index contributed by atoms with van der Waals surface area (Å²) in [6.45, 7) is 13.6. The first-order valence-corrected chi connectivity index (χ1v) is 9.38. The molecule has 7 N–H and O–H groups in total. The van der Waals surface area contributed by atoms with Crippen molar-refractivity contribution in [3.63, 3.8) is 0 Å². The Morgan fingerprint density at radius 1 is 1.11 bits per heavy atom. The number of aryl methyl sites for hydroxylation is 1. The quantitative estimate of drug-likeness (QED) is 0.311. The van der Waals surface area contributed by atoms with E-state index in [0.717, 1.165) is 25.7 Å². The van der Waals surface area contributed by atoms with Gasteiger partial charge in [0.25, 0.3) is 5.91 Å². The van der Waals surface area contributed by atoms with E-state index in [-0.39, 0.29) is 28.7 Å². The number of hydrogen-bond donors (Lipinski definition) is 4. The summed E-state index contributed by atoms with van der Waals surface area (Å²) in [7, 11) is 0. The molecule has 0 unspecified atom stereocenters. The standard InChI is InChI=1S/C19H35N7O/c1-7-18(3,4)11-19(5,6)9-8-10-23-17(22)26-16(27)13-15(21)25-14(20)12(2)24-13/h7-11H2,1-6H3,(H4,20,21,25)(H3,22,23,26,27). The highest BCUT2D eigenvalue weighted by atomic mass is 16.2. The highest BCUT2D eigenvalue weighted by molar-refractivity contribution is 6.06. The second-order valence-corrected chi connectivity index (χ2v) is 8.61. The van der Waals surface area contributed by atoms with Crippen molar-refractivity contribution in [1.82, 2.24) is 15.3 Å². The average Bonchev–Trinajstić information content (AvgIpc) is 2.54. The third kappa shape index (κ3) is 7.40. The summed E-state index contributed by atoms with van der Waals surface area (Å²) >= 11 is 0. The van der Waals surface area contributed by atoms with Crippen LogP contribution in [-0.2, 0) is 0 Å². The summed E-state index contributed by atoms with van der Waals surface area (Å²) in [4.78, 5) is 24.4. The van der Waals surface area contributed by atoms with Gasteiger partial charge in [0.1, 0.15) is 5.82 Å². The van der Waals surface area contributed by atoms with Crippen molar-refractivity contribution < 1.29 is 4.79 Å². The normalized spacial score (nSPS) is 12.9. The van der Waals surface area contributed by atoms with Crippen molar-refractivity contribution in [1.29, 1.82) is 0 Å². The minimum absolute atomic E-state index is 0.0113. The van der Waals surface area contributed by atoms with Crippen LogP contribution in [0.25, 0.3) is 0 Å². The van der Waals surface area contributed by atoms with E-state index in [1.54, 1.807) is 6.92 Å². The summed E-state index contributed by atoms with van der Waals surface area (Å²) < 4.78 is 0. The van der Waals surface area contributed by atoms with Gasteiger partial charge >= 0.3 is 0 Å². The van der Waals surface area contributed by atoms with Gasteiger partial charge in [0.2, 0.25) is 0 Å². The van der Waals surface area contributed by atoms with Gasteiger partial charge in [-0.15, -0.1) is 0 Å². The first-order chi connectivity index (χ1) is 12.4. The molecule has 152 valence electrons. The molecule has 0 bridgehead atoms. The third-order valence-electron chi connectivity index (χ3n) is 4.80. The zero-order valence-corrected chi connectivity index (χ0v) is 17.5. The molecule has 0 spiro atoms. The van der Waals surface area contributed by atoms with Gasteiger partial charge in [-0.25, -0.2) is 9.97 Å². The maximum Gasteiger partial charge on any atom is 0.280 e. The minimum atomic E-state index is -0.547. The number of anilines is 2. The molecule has 0 aliphatic heterocycles. The van der Waals surface area contributed by atoms with E-state index < -0.39 is 5.91 Å². The van der Waals surface area contributed by atoms with Gasteiger partial charge in [-0.2, -0.15) is 0 Å². The number of nitrogens with two attached hydrogens (primary N) is 3. The molecule has 1 aromatic rings. The lowest BCUT2D eigenvalue weighted by Gasteiger charge is -2.34. The van der Waals surface area contributed by atoms with Gasteiger partial charge < -0.3 is 17.2 Å². The topological polar surface area (TPSA) is 145 Å². The average molecular weight is 378 g/mol. The van der Waals surface area contributed by atoms with Crippen molar-refractivity contribution in [3.8, 4) is 0 Å². The fraction of sp³-hybridized carbons (Fsp3) is 0.684. The first-order valence-electron chi connectivity index (χ1n) is 9.38. The zero-order chi connectivity index (χ0) is 20.8. The fourth-order valence-electron chi connectivity index (χ4n) is 3.19. The molecular weight excluding hydrogens is 342 g/mol. The summed E-state index contributed by atoms with van der Waals surface area (Å²) in [5.74, 6) is -0.347. The number of rotatable bonds is 8. The van der Waals surface area contributed by atoms with Crippen LogP contribution in [0.3, 0.4) is 0 Å². The van der Waals surface area contributed by atoms with E-state index in [4.69, 9.17) is 17.2 Å². The molecule has 0 aliphatic rings. The van der Waals surface area contributed by atoms with E-state index >= 15 is 0 Å². The first kappa shape index (κ1) is 22.7. The largest absolute Gasteiger partial charge is 0.382 e. The Labute approximate surface area is 162 Å². The molecule has 0 saturated carbocycles. The van der Waals surface area contributed by atoms with E-state index in [0.29, 0.717) is 17.7 Å². The summed E-state index contributed by atoms with van der Waals surface area (Å²) in [6.07, 6.45) is 4.24. The number of amides is 1. The van der Waals surface area contributed by atoms with E-state index in [1.807, 2.05) is 0 Å². The summed E-state index contributed by atoms with van der Waals surface area (Å²) in [6, 6.07) is 0. The molecule has 1 amide bonds. The van der Waals surface area contributed by atoms with Gasteiger partial charge in [0, 0.05) is 6.54 Å². The van der Waals surface area contributed by atoms with Crippen LogP contribution in [0.4, 0.5) is 11.6 Å². The number of guanidine groups is 1. The maximum atomic E-state index is 12.2. The highest BCUT2D eigenvalue weighted by Crippen LogP contribution is 2.38. The molecule has 1 rings (SSSR count). The lowest BCUT2D eigenvalue weighted by Crippen LogP contribution is -2.38. The zero-order valence-electron chi connectivity index (χ0n) is 17.5. The predicted molar refractivity (Wildman–Crippen MR) is 111 cm³/mol. The van der Waals surface area contributed by atoms with Gasteiger partial charge in [-0.1, -0.05) is 41.0 Å². The molecule has 1 aromatic heterocycles. The number of carbonyl (C=O) groups excluding carboxylic acids is 1. The van der Waals surface area contributed by atoms with E-state index in [2.05, 4.69) is 54.9 Å². The van der Waals surface area contributed by atoms with Crippen LogP contribution in [-0.4, -0.2) is 28.4 Å². The van der Waals surface area contributed by atoms with Crippen LogP contribution < -0.4 is 22.5 Å². The third-order valence-corrected chi connectivity index (χ3v) is 4.80. The van der Waals surface area contributed by atoms with E-state index in [1.165, 1.54) is 0 Å². The van der Waals surface area contributed by atoms with E-state index in [9.17, 15) is 4.79 Å². The fourth-order valence-corrected chi connectivity index (χ4v) is 3.19. The Bertz CT molecular complexity index is 696. The number of carbonyl (C=O) groups is 1. The van der Waals surface area contributed by atoms with Crippen LogP contribution in [0, 0.1) is 17.8 Å². The van der Waals surface area contributed by atoms with Crippen molar-refractivity contribution in [2.45, 2.75) is 67.2 Å². The molecule has 0 saturated heterocycles. The van der Waals surface area contributed by atoms with Gasteiger partial charge in [0.05, 0.1) is 5.69 Å². The SMILES string of the molecule is CCC(C)(C)CC(C)(C)CCCN=C(N)NC(=O)c1nc(C)c(N)nc1N. The molecule has 0 radical (unpaired) electrons. The van der Waals surface area contributed by atoms with Crippen molar-refractivity contribution in [2.75, 3.05) is 18.0 Å². The Morgan fingerprint density at radius 3 is 2.33 bits per heavy atom. The molecule has 1 heterocycles. The second-order valence-electron chi connectivity index (χ2n) is 8.61. The van der Waals surface area contributed by atoms with Gasteiger partial charge in [-0.3, -0.25) is 15.1 Å². The Balaban J connectivity index is 2.56. The maximum absolute atomic E-state index is 12.2. The van der Waals surface area contributed by atoms with Crippen LogP contribution in [0.15, 0.2) is 4.99 Å². The van der Waals surface area contributed by atoms with Crippen LogP contribution >= 0.6 is 0 Å². The van der Waals surface area contributed by atoms with Crippen molar-refractivity contribution in [2.24, 2.45) is 21.6 Å². The molecule has 8 heteroatoms. The number of aromatic nitrogens is 2. The lowest BCUT2D eigenvalue weighted by atomic mass is 9.72. The number of nitrogen functional groups attached to an aromatic ring is 2. The number of hydrogen-bond acceptors (Lipinski definition) is 6. The Morgan fingerprint density at radius 2 is 1.74 bits per heavy atom. The number of nitrogens with zero attached hydrogens (tertiary/aromatic N) is 3. The second kappa shape index (κ2) is 9.01. The minimum Gasteiger partial charge on any atom is -0.382 e. The van der Waals surface area contributed by atoms with Gasteiger partial charge in [-0.05, 0) is 37.0 Å². The monoisotopic (exact) mass is 377 g/mol. The molecule has 0 atom stereocenters. The predicted octanol–water partition coefficient (Wildman–Crippen LogP) is 2.63. The summed E-state index contributed by atoms with van der Waals surface area (Å²) in [5.41, 5.74) is 18.1.